The van der Waals surface area contributed by atoms with Gasteiger partial charge in [-0.15, -0.1) is 11.8 Å². The molecule has 0 saturated carbocycles. The van der Waals surface area contributed by atoms with Gasteiger partial charge in [0.15, 0.2) is 3.94 Å². The topological polar surface area (TPSA) is 35.5 Å². The minimum atomic E-state index is -3.56. The summed E-state index contributed by atoms with van der Waals surface area (Å²) < 4.78 is 24.1. The van der Waals surface area contributed by atoms with Crippen LogP contribution < -0.4 is 9.05 Å². The highest BCUT2D eigenvalue weighted by Crippen LogP contribution is 2.52. The molecule has 0 bridgehead atoms. The Hall–Kier alpha value is -1.29. The first-order chi connectivity index (χ1) is 9.64. The van der Waals surface area contributed by atoms with Gasteiger partial charge in [0.2, 0.25) is 0 Å². The van der Waals surface area contributed by atoms with E-state index in [1.165, 1.54) is 11.8 Å². The first kappa shape index (κ1) is 15.1. The number of thiocarbonyl (C=S) groups is 1. The summed E-state index contributed by atoms with van der Waals surface area (Å²) in [6.45, 7) is 0. The zero-order valence-electron chi connectivity index (χ0n) is 10.8. The van der Waals surface area contributed by atoms with Crippen LogP contribution in [0.2, 0.25) is 0 Å². The summed E-state index contributed by atoms with van der Waals surface area (Å²) in [5.74, 6) is 0.923. The molecule has 0 atom stereocenters. The van der Waals surface area contributed by atoms with Crippen molar-refractivity contribution in [2.24, 2.45) is 0 Å². The maximum absolute atomic E-state index is 12.9. The monoisotopic (exact) mass is 324 g/mol. The predicted molar refractivity (Wildman–Crippen MR) is 87.9 cm³/mol. The Morgan fingerprint density at radius 2 is 1.35 bits per heavy atom. The van der Waals surface area contributed by atoms with Crippen LogP contribution in [0.4, 0.5) is 0 Å². The molecule has 0 aliphatic heterocycles. The van der Waals surface area contributed by atoms with E-state index in [-0.39, 0.29) is 3.94 Å². The van der Waals surface area contributed by atoms with Crippen LogP contribution in [0.5, 0.6) is 11.5 Å². The van der Waals surface area contributed by atoms with Gasteiger partial charge in [-0.1, -0.05) is 48.6 Å². The van der Waals surface area contributed by atoms with E-state index in [4.69, 9.17) is 21.3 Å². The molecule has 20 heavy (non-hydrogen) atoms. The normalized spacial score (nSPS) is 10.8. The highest BCUT2D eigenvalue weighted by atomic mass is 32.2. The van der Waals surface area contributed by atoms with Crippen LogP contribution in [0.3, 0.4) is 0 Å². The summed E-state index contributed by atoms with van der Waals surface area (Å²) in [7, 11) is -3.56. The van der Waals surface area contributed by atoms with E-state index in [1.54, 1.807) is 54.8 Å². The molecule has 2 aromatic carbocycles. The average molecular weight is 324 g/mol. The average Bonchev–Trinajstić information content (AvgIpc) is 2.48. The second-order valence-electron chi connectivity index (χ2n) is 3.78. The summed E-state index contributed by atoms with van der Waals surface area (Å²) >= 11 is 6.33. The van der Waals surface area contributed by atoms with E-state index in [2.05, 4.69) is 0 Å². The third kappa shape index (κ3) is 3.85. The lowest BCUT2D eigenvalue weighted by Crippen LogP contribution is -2.06. The van der Waals surface area contributed by atoms with Crippen molar-refractivity contribution >= 4 is 35.5 Å². The molecule has 0 radical (unpaired) electrons. The Balaban J connectivity index is 2.27. The molecular formula is C14H13O3PS2. The smallest absolute Gasteiger partial charge is 0.412 e. The molecule has 6 heteroatoms. The fourth-order valence-corrected chi connectivity index (χ4v) is 3.77. The van der Waals surface area contributed by atoms with Crippen LogP contribution >= 0.6 is 31.6 Å². The van der Waals surface area contributed by atoms with Crippen LogP contribution in [0.1, 0.15) is 0 Å². The summed E-state index contributed by atoms with van der Waals surface area (Å²) in [5.41, 5.74) is 0. The molecule has 0 heterocycles. The van der Waals surface area contributed by atoms with Crippen molar-refractivity contribution in [2.45, 2.75) is 0 Å². The van der Waals surface area contributed by atoms with Crippen LogP contribution in [0.15, 0.2) is 60.7 Å². The first-order valence-corrected chi connectivity index (χ1v) is 8.99. The van der Waals surface area contributed by atoms with Crippen molar-refractivity contribution in [1.29, 1.82) is 0 Å². The third-order valence-corrected chi connectivity index (χ3v) is 6.42. The highest BCUT2D eigenvalue weighted by Gasteiger charge is 2.34. The molecule has 0 N–H and O–H groups in total. The maximum atomic E-state index is 12.9. The van der Waals surface area contributed by atoms with Crippen molar-refractivity contribution in [3.8, 4) is 11.5 Å². The molecular weight excluding hydrogens is 311 g/mol. The first-order valence-electron chi connectivity index (χ1n) is 5.82. The number of para-hydroxylation sites is 2. The Bertz CT molecular complexity index is 571. The van der Waals surface area contributed by atoms with E-state index in [0.29, 0.717) is 11.5 Å². The number of thioether (sulfide) groups is 1. The number of hydrogen-bond acceptors (Lipinski definition) is 5. The molecule has 2 aromatic rings. The van der Waals surface area contributed by atoms with E-state index in [0.717, 1.165) is 0 Å². The van der Waals surface area contributed by atoms with Gasteiger partial charge in [0.25, 0.3) is 0 Å². The number of rotatable bonds is 5. The fraction of sp³-hybridized carbons (Fsp3) is 0.0714. The largest absolute Gasteiger partial charge is 0.480 e. The summed E-state index contributed by atoms with van der Waals surface area (Å²) in [6, 6.07) is 17.7. The lowest BCUT2D eigenvalue weighted by Gasteiger charge is -2.19. The van der Waals surface area contributed by atoms with Gasteiger partial charge in [0.05, 0.1) is 0 Å². The lowest BCUT2D eigenvalue weighted by atomic mass is 10.3. The summed E-state index contributed by atoms with van der Waals surface area (Å²) in [6.07, 6.45) is 1.75. The molecule has 0 unspecified atom stereocenters. The highest BCUT2D eigenvalue weighted by molar-refractivity contribution is 8.35. The number of hydrogen-bond donors (Lipinski definition) is 0. The molecule has 0 saturated heterocycles. The van der Waals surface area contributed by atoms with Gasteiger partial charge in [-0.3, -0.25) is 0 Å². The molecule has 0 aliphatic carbocycles. The minimum Gasteiger partial charge on any atom is -0.412 e. The standard InChI is InChI=1S/C14H13O3PS2/c1-20-14(19)18(15,16-12-8-4-2-5-9-12)17-13-10-6-3-7-11-13/h2-11H,1H3. The van der Waals surface area contributed by atoms with Crippen molar-refractivity contribution in [1.82, 2.24) is 0 Å². The van der Waals surface area contributed by atoms with Gasteiger partial charge in [-0.2, -0.15) is 0 Å². The lowest BCUT2D eigenvalue weighted by molar-refractivity contribution is 0.404. The second kappa shape index (κ2) is 6.93. The van der Waals surface area contributed by atoms with E-state index < -0.39 is 7.60 Å². The molecule has 0 fully saturated rings. The van der Waals surface area contributed by atoms with Crippen LogP contribution in [-0.2, 0) is 4.57 Å². The van der Waals surface area contributed by atoms with Gasteiger partial charge >= 0.3 is 7.60 Å². The third-order valence-electron chi connectivity index (χ3n) is 2.34. The Labute approximate surface area is 127 Å². The maximum Gasteiger partial charge on any atom is 0.480 e. The molecule has 0 aromatic heterocycles. The second-order valence-corrected chi connectivity index (χ2v) is 7.67. The van der Waals surface area contributed by atoms with Crippen molar-refractivity contribution in [3.05, 3.63) is 60.7 Å². The van der Waals surface area contributed by atoms with Gasteiger partial charge in [0, 0.05) is 0 Å². The van der Waals surface area contributed by atoms with Crippen molar-refractivity contribution < 1.29 is 13.6 Å². The molecule has 0 amide bonds. The van der Waals surface area contributed by atoms with Gasteiger partial charge in [-0.25, -0.2) is 4.57 Å². The zero-order chi connectivity index (χ0) is 14.4. The van der Waals surface area contributed by atoms with Gasteiger partial charge < -0.3 is 9.05 Å². The zero-order valence-corrected chi connectivity index (χ0v) is 13.3. The van der Waals surface area contributed by atoms with Crippen LogP contribution in [0, 0.1) is 0 Å². The fourth-order valence-electron chi connectivity index (χ4n) is 1.45. The predicted octanol–water partition coefficient (Wildman–Crippen LogP) is 4.99. The Kier molecular flexibility index (Phi) is 5.24. The van der Waals surface area contributed by atoms with E-state index in [1.807, 2.05) is 12.1 Å². The summed E-state index contributed by atoms with van der Waals surface area (Å²) in [4.78, 5) is 0. The minimum absolute atomic E-state index is 0.199. The summed E-state index contributed by atoms with van der Waals surface area (Å²) in [5, 5.41) is 0. The van der Waals surface area contributed by atoms with Crippen molar-refractivity contribution in [3.63, 3.8) is 0 Å². The van der Waals surface area contributed by atoms with Crippen LogP contribution in [0.25, 0.3) is 0 Å². The molecule has 104 valence electrons. The van der Waals surface area contributed by atoms with Crippen molar-refractivity contribution in [2.75, 3.05) is 6.26 Å². The SMILES string of the molecule is CSC(=S)P(=O)(Oc1ccccc1)Oc1ccccc1. The molecule has 2 rings (SSSR count). The molecule has 0 aliphatic rings. The molecule has 3 nitrogen and oxygen atoms in total. The van der Waals surface area contributed by atoms with Crippen LogP contribution in [-0.4, -0.2) is 10.2 Å². The Morgan fingerprint density at radius 1 is 0.950 bits per heavy atom. The van der Waals surface area contributed by atoms with E-state index >= 15 is 0 Å². The van der Waals surface area contributed by atoms with E-state index in [9.17, 15) is 4.57 Å². The van der Waals surface area contributed by atoms with Gasteiger partial charge in [-0.05, 0) is 30.5 Å². The van der Waals surface area contributed by atoms with Gasteiger partial charge in [0.1, 0.15) is 11.5 Å². The Morgan fingerprint density at radius 3 is 1.70 bits per heavy atom. The number of benzene rings is 2. The molecule has 0 spiro atoms. The quantitative estimate of drug-likeness (QED) is 0.572.